The molecule has 3 N–H and O–H groups in total. The van der Waals surface area contributed by atoms with E-state index in [2.05, 4.69) is 5.32 Å². The van der Waals surface area contributed by atoms with Crippen LogP contribution in [0.25, 0.3) is 0 Å². The van der Waals surface area contributed by atoms with Crippen molar-refractivity contribution in [3.8, 4) is 0 Å². The van der Waals surface area contributed by atoms with Crippen molar-refractivity contribution in [3.05, 3.63) is 0 Å². The standard InChI is InChI=1S/C6H12N2O3/c1-10-4-2-8-3-5(4)11-6(7)9/h4-5,8H,2-3H2,1H3,(H2,7,9)/t4-,5+/m0/s1. The Morgan fingerprint density at radius 2 is 2.18 bits per heavy atom. The van der Waals surface area contributed by atoms with Gasteiger partial charge in [-0.2, -0.15) is 0 Å². The SMILES string of the molecule is CO[C@H]1CNC[C@H]1OC(N)=O. The number of amides is 1. The lowest BCUT2D eigenvalue weighted by Crippen LogP contribution is -2.33. The summed E-state index contributed by atoms with van der Waals surface area (Å²) in [6.07, 6.45) is -1.05. The van der Waals surface area contributed by atoms with Crippen LogP contribution in [-0.4, -0.2) is 38.5 Å². The van der Waals surface area contributed by atoms with Crippen LogP contribution in [0.4, 0.5) is 4.79 Å². The van der Waals surface area contributed by atoms with Crippen molar-refractivity contribution in [2.75, 3.05) is 20.2 Å². The quantitative estimate of drug-likeness (QED) is 0.547. The van der Waals surface area contributed by atoms with Gasteiger partial charge in [0.2, 0.25) is 0 Å². The largest absolute Gasteiger partial charge is 0.442 e. The molecule has 5 heteroatoms. The molecule has 1 saturated heterocycles. The predicted molar refractivity (Wildman–Crippen MR) is 38.1 cm³/mol. The molecule has 0 radical (unpaired) electrons. The normalized spacial score (nSPS) is 30.3. The molecule has 1 fully saturated rings. The maximum Gasteiger partial charge on any atom is 0.404 e. The van der Waals surface area contributed by atoms with Crippen LogP contribution in [0.2, 0.25) is 0 Å². The monoisotopic (exact) mass is 160 g/mol. The van der Waals surface area contributed by atoms with Crippen LogP contribution in [-0.2, 0) is 9.47 Å². The predicted octanol–water partition coefficient (Wildman–Crippen LogP) is -0.931. The van der Waals surface area contributed by atoms with Crippen molar-refractivity contribution in [2.24, 2.45) is 5.73 Å². The summed E-state index contributed by atoms with van der Waals surface area (Å²) in [6.45, 7) is 1.32. The lowest BCUT2D eigenvalue weighted by atomic mass is 10.2. The molecule has 0 saturated carbocycles. The number of carbonyl (C=O) groups excluding carboxylic acids is 1. The molecule has 0 unspecified atom stereocenters. The summed E-state index contributed by atoms with van der Waals surface area (Å²) in [6, 6.07) is 0. The van der Waals surface area contributed by atoms with Crippen LogP contribution in [0, 0.1) is 0 Å². The fourth-order valence-electron chi connectivity index (χ4n) is 1.13. The van der Waals surface area contributed by atoms with Crippen LogP contribution in [0.15, 0.2) is 0 Å². The first-order valence-electron chi connectivity index (χ1n) is 3.43. The van der Waals surface area contributed by atoms with E-state index in [0.717, 1.165) is 0 Å². The maximum atomic E-state index is 10.3. The summed E-state index contributed by atoms with van der Waals surface area (Å²) in [7, 11) is 1.58. The highest BCUT2D eigenvalue weighted by Gasteiger charge is 2.29. The molecule has 0 aliphatic carbocycles. The zero-order chi connectivity index (χ0) is 8.27. The topological polar surface area (TPSA) is 73.6 Å². The number of nitrogens with two attached hydrogens (primary N) is 1. The van der Waals surface area contributed by atoms with Crippen molar-refractivity contribution < 1.29 is 14.3 Å². The molecule has 0 bridgehead atoms. The summed E-state index contributed by atoms with van der Waals surface area (Å²) in [5.41, 5.74) is 4.84. The van der Waals surface area contributed by atoms with Gasteiger partial charge in [0.05, 0.1) is 0 Å². The average Bonchev–Trinajstić information content (AvgIpc) is 2.34. The van der Waals surface area contributed by atoms with Gasteiger partial charge in [0.25, 0.3) is 0 Å². The second kappa shape index (κ2) is 3.54. The number of methoxy groups -OCH3 is 1. The van der Waals surface area contributed by atoms with Crippen LogP contribution >= 0.6 is 0 Å². The smallest absolute Gasteiger partial charge is 0.404 e. The molecule has 1 aliphatic heterocycles. The Kier molecular flexibility index (Phi) is 2.67. The molecule has 0 aromatic heterocycles. The second-order valence-electron chi connectivity index (χ2n) is 2.41. The molecule has 2 atom stereocenters. The van der Waals surface area contributed by atoms with Crippen LogP contribution in [0.1, 0.15) is 0 Å². The molecule has 5 nitrogen and oxygen atoms in total. The number of primary amides is 1. The summed E-state index contributed by atoms with van der Waals surface area (Å²) in [4.78, 5) is 10.3. The third kappa shape index (κ3) is 2.06. The van der Waals surface area contributed by atoms with E-state index in [-0.39, 0.29) is 12.2 Å². The van der Waals surface area contributed by atoms with Crippen LogP contribution in [0.5, 0.6) is 0 Å². The Labute approximate surface area is 64.8 Å². The van der Waals surface area contributed by atoms with E-state index in [9.17, 15) is 4.79 Å². The van der Waals surface area contributed by atoms with Crippen LogP contribution in [0.3, 0.4) is 0 Å². The van der Waals surface area contributed by atoms with Crippen molar-refractivity contribution in [1.29, 1.82) is 0 Å². The van der Waals surface area contributed by atoms with Gasteiger partial charge in [0.15, 0.2) is 0 Å². The average molecular weight is 160 g/mol. The third-order valence-corrected chi connectivity index (χ3v) is 1.68. The lowest BCUT2D eigenvalue weighted by Gasteiger charge is -2.15. The summed E-state index contributed by atoms with van der Waals surface area (Å²) in [5.74, 6) is 0. The Bertz CT molecular complexity index is 151. The van der Waals surface area contributed by atoms with Gasteiger partial charge in [0, 0.05) is 20.2 Å². The number of nitrogens with one attached hydrogen (secondary N) is 1. The Hall–Kier alpha value is -0.810. The molecule has 64 valence electrons. The first-order chi connectivity index (χ1) is 5.24. The minimum Gasteiger partial charge on any atom is -0.442 e. The maximum absolute atomic E-state index is 10.3. The number of hydrogen-bond acceptors (Lipinski definition) is 4. The van der Waals surface area contributed by atoms with Crippen molar-refractivity contribution >= 4 is 6.09 Å². The van der Waals surface area contributed by atoms with E-state index >= 15 is 0 Å². The van der Waals surface area contributed by atoms with Gasteiger partial charge >= 0.3 is 6.09 Å². The molecule has 1 heterocycles. The minimum absolute atomic E-state index is 0.0671. The van der Waals surface area contributed by atoms with E-state index < -0.39 is 6.09 Å². The molecule has 1 rings (SSSR count). The Balaban J connectivity index is 2.37. The van der Waals surface area contributed by atoms with Crippen LogP contribution < -0.4 is 11.1 Å². The highest BCUT2D eigenvalue weighted by molar-refractivity contribution is 5.64. The highest BCUT2D eigenvalue weighted by Crippen LogP contribution is 2.07. The molecule has 0 aromatic carbocycles. The second-order valence-corrected chi connectivity index (χ2v) is 2.41. The van der Waals surface area contributed by atoms with Crippen molar-refractivity contribution in [2.45, 2.75) is 12.2 Å². The molecule has 0 spiro atoms. The summed E-state index contributed by atoms with van der Waals surface area (Å²) in [5, 5.41) is 3.02. The molecular formula is C6H12N2O3. The third-order valence-electron chi connectivity index (χ3n) is 1.68. The van der Waals surface area contributed by atoms with Gasteiger partial charge < -0.3 is 20.5 Å². The van der Waals surface area contributed by atoms with Gasteiger partial charge in [0.1, 0.15) is 12.2 Å². The first-order valence-corrected chi connectivity index (χ1v) is 3.43. The lowest BCUT2D eigenvalue weighted by molar-refractivity contribution is 0.0104. The minimum atomic E-state index is -0.749. The molecule has 11 heavy (non-hydrogen) atoms. The van der Waals surface area contributed by atoms with E-state index in [0.29, 0.717) is 13.1 Å². The molecule has 0 aromatic rings. The van der Waals surface area contributed by atoms with Gasteiger partial charge in [-0.15, -0.1) is 0 Å². The number of rotatable bonds is 2. The Morgan fingerprint density at radius 3 is 2.73 bits per heavy atom. The number of hydrogen-bond donors (Lipinski definition) is 2. The molecule has 1 amide bonds. The molecule has 1 aliphatic rings. The van der Waals surface area contributed by atoms with E-state index in [4.69, 9.17) is 15.2 Å². The van der Waals surface area contributed by atoms with Gasteiger partial charge in [-0.05, 0) is 0 Å². The van der Waals surface area contributed by atoms with E-state index in [1.807, 2.05) is 0 Å². The number of carbonyl (C=O) groups is 1. The fourth-order valence-corrected chi connectivity index (χ4v) is 1.13. The first kappa shape index (κ1) is 8.29. The van der Waals surface area contributed by atoms with Crippen molar-refractivity contribution in [3.63, 3.8) is 0 Å². The summed E-state index contributed by atoms with van der Waals surface area (Å²) >= 11 is 0. The van der Waals surface area contributed by atoms with Gasteiger partial charge in [-0.1, -0.05) is 0 Å². The zero-order valence-electron chi connectivity index (χ0n) is 6.37. The van der Waals surface area contributed by atoms with Gasteiger partial charge in [-0.25, -0.2) is 4.79 Å². The summed E-state index contributed by atoms with van der Waals surface area (Å²) < 4.78 is 9.80. The van der Waals surface area contributed by atoms with Gasteiger partial charge in [-0.3, -0.25) is 0 Å². The van der Waals surface area contributed by atoms with E-state index in [1.54, 1.807) is 7.11 Å². The zero-order valence-corrected chi connectivity index (χ0v) is 6.37. The molecular weight excluding hydrogens is 148 g/mol. The Morgan fingerprint density at radius 1 is 1.55 bits per heavy atom. The highest BCUT2D eigenvalue weighted by atomic mass is 16.6. The fraction of sp³-hybridized carbons (Fsp3) is 0.833. The van der Waals surface area contributed by atoms with Crippen molar-refractivity contribution in [1.82, 2.24) is 5.32 Å². The number of ether oxygens (including phenoxy) is 2. The van der Waals surface area contributed by atoms with E-state index in [1.165, 1.54) is 0 Å².